The highest BCUT2D eigenvalue weighted by atomic mass is 32.2. The lowest BCUT2D eigenvalue weighted by molar-refractivity contribution is 0.222. The zero-order chi connectivity index (χ0) is 17.2. The molecule has 3 rings (SSSR count). The standard InChI is InChI=1S/C18H23NO4S/c1-3-14-11-12-16(23-14)15-8-6-7-13-19(15)24(20,21)18-10-5-4-9-17(18)22-2/h4-5,9-12,15H,3,6-8,13H2,1-2H3. The molecule has 5 nitrogen and oxygen atoms in total. The summed E-state index contributed by atoms with van der Waals surface area (Å²) in [6, 6.07) is 10.3. The maximum atomic E-state index is 13.2. The van der Waals surface area contributed by atoms with Crippen LogP contribution in [0.5, 0.6) is 5.75 Å². The van der Waals surface area contributed by atoms with E-state index in [0.717, 1.165) is 37.2 Å². The van der Waals surface area contributed by atoms with Gasteiger partial charge in [-0.3, -0.25) is 0 Å². The fourth-order valence-corrected chi connectivity index (χ4v) is 5.02. The monoisotopic (exact) mass is 349 g/mol. The van der Waals surface area contributed by atoms with Crippen molar-refractivity contribution in [1.82, 2.24) is 4.31 Å². The lowest BCUT2D eigenvalue weighted by Gasteiger charge is -2.33. The van der Waals surface area contributed by atoms with Gasteiger partial charge in [-0.25, -0.2) is 8.42 Å². The number of para-hydroxylation sites is 1. The van der Waals surface area contributed by atoms with Gasteiger partial charge in [0.25, 0.3) is 0 Å². The highest BCUT2D eigenvalue weighted by Crippen LogP contribution is 2.38. The number of hydrogen-bond donors (Lipinski definition) is 0. The summed E-state index contributed by atoms with van der Waals surface area (Å²) in [6.45, 7) is 2.51. The van der Waals surface area contributed by atoms with Crippen LogP contribution in [0.2, 0.25) is 0 Å². The van der Waals surface area contributed by atoms with E-state index in [9.17, 15) is 8.42 Å². The maximum Gasteiger partial charge on any atom is 0.247 e. The quantitative estimate of drug-likeness (QED) is 0.824. The molecule has 6 heteroatoms. The van der Waals surface area contributed by atoms with Gasteiger partial charge in [0.15, 0.2) is 0 Å². The van der Waals surface area contributed by atoms with Crippen molar-refractivity contribution in [1.29, 1.82) is 0 Å². The van der Waals surface area contributed by atoms with Crippen LogP contribution in [0.15, 0.2) is 45.7 Å². The molecule has 24 heavy (non-hydrogen) atoms. The van der Waals surface area contributed by atoms with Gasteiger partial charge in [-0.1, -0.05) is 25.5 Å². The van der Waals surface area contributed by atoms with Crippen LogP contribution >= 0.6 is 0 Å². The minimum absolute atomic E-state index is 0.210. The summed E-state index contributed by atoms with van der Waals surface area (Å²) in [5.41, 5.74) is 0. The molecule has 1 fully saturated rings. The van der Waals surface area contributed by atoms with Gasteiger partial charge in [-0.2, -0.15) is 4.31 Å². The molecule has 1 aliphatic rings. The second-order valence-corrected chi connectivity index (χ2v) is 7.79. The molecule has 0 saturated carbocycles. The molecular formula is C18H23NO4S. The van der Waals surface area contributed by atoms with E-state index in [0.29, 0.717) is 12.3 Å². The van der Waals surface area contributed by atoms with E-state index in [2.05, 4.69) is 0 Å². The summed E-state index contributed by atoms with van der Waals surface area (Å²) in [7, 11) is -2.16. The number of benzene rings is 1. The van der Waals surface area contributed by atoms with Gasteiger partial charge < -0.3 is 9.15 Å². The Labute approximate surface area is 143 Å². The fourth-order valence-electron chi connectivity index (χ4n) is 3.20. The Bertz CT molecular complexity index is 797. The predicted molar refractivity (Wildman–Crippen MR) is 91.6 cm³/mol. The first kappa shape index (κ1) is 17.0. The van der Waals surface area contributed by atoms with Crippen molar-refractivity contribution in [3.63, 3.8) is 0 Å². The van der Waals surface area contributed by atoms with E-state index in [1.807, 2.05) is 19.1 Å². The summed E-state index contributed by atoms with van der Waals surface area (Å²) < 4.78 is 39.1. The average molecular weight is 349 g/mol. The molecule has 0 N–H and O–H groups in total. The molecule has 0 spiro atoms. The van der Waals surface area contributed by atoms with Crippen molar-refractivity contribution in [2.24, 2.45) is 0 Å². The molecule has 1 unspecified atom stereocenters. The summed E-state index contributed by atoms with van der Waals surface area (Å²) >= 11 is 0. The third-order valence-electron chi connectivity index (χ3n) is 4.47. The van der Waals surface area contributed by atoms with E-state index in [4.69, 9.17) is 9.15 Å². The second kappa shape index (κ2) is 6.99. The number of methoxy groups -OCH3 is 1. The van der Waals surface area contributed by atoms with Crippen molar-refractivity contribution in [3.05, 3.63) is 47.9 Å². The summed E-state index contributed by atoms with van der Waals surface area (Å²) in [5, 5.41) is 0. The van der Waals surface area contributed by atoms with Crippen LogP contribution in [-0.2, 0) is 16.4 Å². The number of sulfonamides is 1. The van der Waals surface area contributed by atoms with Crippen molar-refractivity contribution in [3.8, 4) is 5.75 Å². The summed E-state index contributed by atoms with van der Waals surface area (Å²) in [4.78, 5) is 0.210. The first-order chi connectivity index (χ1) is 11.6. The van der Waals surface area contributed by atoms with Crippen LogP contribution in [0, 0.1) is 0 Å². The first-order valence-electron chi connectivity index (χ1n) is 8.31. The SMILES string of the molecule is CCc1ccc(C2CCCCN2S(=O)(=O)c2ccccc2OC)o1. The molecule has 130 valence electrons. The highest BCUT2D eigenvalue weighted by Gasteiger charge is 2.37. The van der Waals surface area contributed by atoms with E-state index in [1.54, 1.807) is 28.6 Å². The zero-order valence-electron chi connectivity index (χ0n) is 14.1. The van der Waals surface area contributed by atoms with E-state index in [1.165, 1.54) is 7.11 Å². The van der Waals surface area contributed by atoms with Crippen molar-refractivity contribution < 1.29 is 17.6 Å². The molecular weight excluding hydrogens is 326 g/mol. The van der Waals surface area contributed by atoms with E-state index >= 15 is 0 Å². The van der Waals surface area contributed by atoms with Crippen LogP contribution in [0.4, 0.5) is 0 Å². The van der Waals surface area contributed by atoms with Crippen molar-refractivity contribution in [2.45, 2.75) is 43.5 Å². The highest BCUT2D eigenvalue weighted by molar-refractivity contribution is 7.89. The van der Waals surface area contributed by atoms with Gasteiger partial charge in [0.2, 0.25) is 10.0 Å². The normalized spacial score (nSPS) is 19.3. The van der Waals surface area contributed by atoms with Crippen LogP contribution in [0.1, 0.15) is 43.7 Å². The molecule has 1 aromatic heterocycles. The molecule has 1 aromatic carbocycles. The van der Waals surface area contributed by atoms with Gasteiger partial charge in [0, 0.05) is 13.0 Å². The number of furan rings is 1. The van der Waals surface area contributed by atoms with E-state index in [-0.39, 0.29) is 10.9 Å². The fraction of sp³-hybridized carbons (Fsp3) is 0.444. The Kier molecular flexibility index (Phi) is 4.96. The number of nitrogens with zero attached hydrogens (tertiary/aromatic N) is 1. The molecule has 0 radical (unpaired) electrons. The third kappa shape index (κ3) is 3.08. The molecule has 2 heterocycles. The van der Waals surface area contributed by atoms with Crippen LogP contribution in [0.3, 0.4) is 0 Å². The van der Waals surface area contributed by atoms with Gasteiger partial charge in [0.05, 0.1) is 13.2 Å². The first-order valence-corrected chi connectivity index (χ1v) is 9.75. The van der Waals surface area contributed by atoms with Gasteiger partial charge in [0.1, 0.15) is 22.2 Å². The number of aryl methyl sites for hydroxylation is 1. The van der Waals surface area contributed by atoms with Crippen LogP contribution in [0.25, 0.3) is 0 Å². The van der Waals surface area contributed by atoms with Crippen molar-refractivity contribution in [2.75, 3.05) is 13.7 Å². The molecule has 0 aliphatic carbocycles. The summed E-state index contributed by atoms with van der Waals surface area (Å²) in [6.07, 6.45) is 3.41. The zero-order valence-corrected chi connectivity index (χ0v) is 14.9. The number of rotatable bonds is 5. The third-order valence-corrected chi connectivity index (χ3v) is 6.42. The topological polar surface area (TPSA) is 59.8 Å². The molecule has 1 aliphatic heterocycles. The van der Waals surface area contributed by atoms with Gasteiger partial charge in [-0.15, -0.1) is 0 Å². The second-order valence-electron chi connectivity index (χ2n) is 5.94. The van der Waals surface area contributed by atoms with Gasteiger partial charge in [-0.05, 0) is 37.1 Å². The van der Waals surface area contributed by atoms with Crippen molar-refractivity contribution >= 4 is 10.0 Å². The Hall–Kier alpha value is -1.79. The molecule has 2 aromatic rings. The summed E-state index contributed by atoms with van der Waals surface area (Å²) in [5.74, 6) is 1.98. The van der Waals surface area contributed by atoms with Gasteiger partial charge >= 0.3 is 0 Å². The number of piperidine rings is 1. The minimum atomic E-state index is -3.65. The lowest BCUT2D eigenvalue weighted by Crippen LogP contribution is -2.38. The number of hydrogen-bond acceptors (Lipinski definition) is 4. The number of ether oxygens (including phenoxy) is 1. The molecule has 1 atom stereocenters. The largest absolute Gasteiger partial charge is 0.495 e. The van der Waals surface area contributed by atoms with Crippen LogP contribution < -0.4 is 4.74 Å². The lowest BCUT2D eigenvalue weighted by atomic mass is 10.0. The maximum absolute atomic E-state index is 13.2. The Balaban J connectivity index is 2.00. The van der Waals surface area contributed by atoms with Crippen LogP contribution in [-0.4, -0.2) is 26.4 Å². The minimum Gasteiger partial charge on any atom is -0.495 e. The predicted octanol–water partition coefficient (Wildman–Crippen LogP) is 3.77. The van der Waals surface area contributed by atoms with E-state index < -0.39 is 10.0 Å². The Morgan fingerprint density at radius 2 is 2.00 bits per heavy atom. The molecule has 1 saturated heterocycles. The molecule has 0 amide bonds. The Morgan fingerprint density at radius 3 is 2.71 bits per heavy atom. The average Bonchev–Trinajstić information content (AvgIpc) is 3.10. The molecule has 0 bridgehead atoms. The smallest absolute Gasteiger partial charge is 0.247 e. The Morgan fingerprint density at radius 1 is 1.21 bits per heavy atom.